The van der Waals surface area contributed by atoms with Gasteiger partial charge in [-0.2, -0.15) is 0 Å². The van der Waals surface area contributed by atoms with Crippen LogP contribution in [0.4, 0.5) is 5.69 Å². The number of hydrogen-bond donors (Lipinski definition) is 1. The predicted molar refractivity (Wildman–Crippen MR) is 91.7 cm³/mol. The van der Waals surface area contributed by atoms with E-state index in [0.29, 0.717) is 17.9 Å². The van der Waals surface area contributed by atoms with Crippen LogP contribution in [0.3, 0.4) is 0 Å². The first-order valence-corrected chi connectivity index (χ1v) is 7.79. The molecule has 3 aromatic rings. The highest BCUT2D eigenvalue weighted by molar-refractivity contribution is 5.95. The first-order chi connectivity index (χ1) is 12.2. The minimum atomic E-state index is -0.648. The lowest BCUT2D eigenvalue weighted by atomic mass is 10.3. The Kier molecular flexibility index (Phi) is 4.94. The number of nitrogens with zero attached hydrogens (tertiary/aromatic N) is 2. The van der Waals surface area contributed by atoms with Crippen molar-refractivity contribution in [3.8, 4) is 5.75 Å². The van der Waals surface area contributed by atoms with E-state index >= 15 is 0 Å². The number of benzene rings is 1. The number of ether oxygens (including phenoxy) is 2. The summed E-state index contributed by atoms with van der Waals surface area (Å²) < 4.78 is 12.0. The SMILES string of the molecule is CCOc1ccc(NC(=O)COC(=O)c2cn3ccccc3n2)cc1. The number of imidazole rings is 1. The van der Waals surface area contributed by atoms with Crippen LogP contribution in [0, 0.1) is 0 Å². The minimum absolute atomic E-state index is 0.153. The zero-order valence-electron chi connectivity index (χ0n) is 13.6. The highest BCUT2D eigenvalue weighted by atomic mass is 16.5. The van der Waals surface area contributed by atoms with Crippen molar-refractivity contribution in [2.45, 2.75) is 6.92 Å². The maximum absolute atomic E-state index is 12.0. The number of esters is 1. The van der Waals surface area contributed by atoms with Gasteiger partial charge in [-0.15, -0.1) is 0 Å². The van der Waals surface area contributed by atoms with Gasteiger partial charge in [-0.3, -0.25) is 4.79 Å². The number of aromatic nitrogens is 2. The number of nitrogens with one attached hydrogen (secondary N) is 1. The maximum atomic E-state index is 12.0. The molecule has 128 valence electrons. The van der Waals surface area contributed by atoms with Crippen LogP contribution < -0.4 is 10.1 Å². The molecular formula is C18H17N3O4. The van der Waals surface area contributed by atoms with Crippen molar-refractivity contribution in [2.75, 3.05) is 18.5 Å². The van der Waals surface area contributed by atoms with E-state index < -0.39 is 11.9 Å². The fourth-order valence-electron chi connectivity index (χ4n) is 2.24. The summed E-state index contributed by atoms with van der Waals surface area (Å²) in [7, 11) is 0. The Morgan fingerprint density at radius 3 is 2.68 bits per heavy atom. The molecule has 1 N–H and O–H groups in total. The van der Waals surface area contributed by atoms with Crippen LogP contribution in [0.5, 0.6) is 5.75 Å². The number of amides is 1. The van der Waals surface area contributed by atoms with Gasteiger partial charge in [0.05, 0.1) is 6.61 Å². The highest BCUT2D eigenvalue weighted by Crippen LogP contribution is 2.15. The fourth-order valence-corrected chi connectivity index (χ4v) is 2.24. The number of carbonyl (C=O) groups is 2. The van der Waals surface area contributed by atoms with Gasteiger partial charge in [-0.05, 0) is 43.3 Å². The Morgan fingerprint density at radius 2 is 1.96 bits per heavy atom. The lowest BCUT2D eigenvalue weighted by Gasteiger charge is -2.07. The summed E-state index contributed by atoms with van der Waals surface area (Å²) >= 11 is 0. The number of carbonyl (C=O) groups excluding carboxylic acids is 2. The maximum Gasteiger partial charge on any atom is 0.359 e. The van der Waals surface area contributed by atoms with E-state index in [9.17, 15) is 9.59 Å². The second-order valence-electron chi connectivity index (χ2n) is 5.17. The van der Waals surface area contributed by atoms with Crippen molar-refractivity contribution >= 4 is 23.2 Å². The zero-order chi connectivity index (χ0) is 17.6. The topological polar surface area (TPSA) is 81.9 Å². The minimum Gasteiger partial charge on any atom is -0.494 e. The molecule has 0 radical (unpaired) electrons. The molecule has 1 aromatic carbocycles. The molecule has 7 nitrogen and oxygen atoms in total. The summed E-state index contributed by atoms with van der Waals surface area (Å²) in [6.07, 6.45) is 3.33. The predicted octanol–water partition coefficient (Wildman–Crippen LogP) is 2.53. The number of hydrogen-bond acceptors (Lipinski definition) is 5. The highest BCUT2D eigenvalue weighted by Gasteiger charge is 2.14. The molecule has 0 aliphatic heterocycles. The molecule has 2 aromatic heterocycles. The molecule has 25 heavy (non-hydrogen) atoms. The molecule has 0 bridgehead atoms. The smallest absolute Gasteiger partial charge is 0.359 e. The Bertz CT molecular complexity index is 854. The van der Waals surface area contributed by atoms with Gasteiger partial charge < -0.3 is 19.2 Å². The summed E-state index contributed by atoms with van der Waals surface area (Å²) in [5.74, 6) is -0.356. The summed E-state index contributed by atoms with van der Waals surface area (Å²) in [6, 6.07) is 12.4. The summed E-state index contributed by atoms with van der Waals surface area (Å²) in [6.45, 7) is 2.08. The van der Waals surface area contributed by atoms with Crippen LogP contribution in [-0.2, 0) is 9.53 Å². The van der Waals surface area contributed by atoms with Crippen molar-refractivity contribution in [2.24, 2.45) is 0 Å². The summed E-state index contributed by atoms with van der Waals surface area (Å²) in [5, 5.41) is 2.65. The largest absolute Gasteiger partial charge is 0.494 e. The molecule has 0 spiro atoms. The Balaban J connectivity index is 1.53. The van der Waals surface area contributed by atoms with Gasteiger partial charge in [0.15, 0.2) is 12.3 Å². The number of fused-ring (bicyclic) bond motifs is 1. The molecule has 0 aliphatic carbocycles. The average Bonchev–Trinajstić information content (AvgIpc) is 3.06. The van der Waals surface area contributed by atoms with Gasteiger partial charge in [0.2, 0.25) is 0 Å². The van der Waals surface area contributed by atoms with Gasteiger partial charge in [0.25, 0.3) is 5.91 Å². The van der Waals surface area contributed by atoms with Crippen molar-refractivity contribution in [1.29, 1.82) is 0 Å². The molecule has 0 aliphatic rings. The lowest BCUT2D eigenvalue weighted by Crippen LogP contribution is -2.21. The molecule has 2 heterocycles. The van der Waals surface area contributed by atoms with Gasteiger partial charge in [0.1, 0.15) is 11.4 Å². The normalized spacial score (nSPS) is 10.4. The van der Waals surface area contributed by atoms with Crippen LogP contribution in [0.15, 0.2) is 54.9 Å². The molecule has 0 atom stereocenters. The summed E-state index contributed by atoms with van der Waals surface area (Å²) in [5.41, 5.74) is 1.38. The second kappa shape index (κ2) is 7.48. The Morgan fingerprint density at radius 1 is 1.16 bits per heavy atom. The van der Waals surface area contributed by atoms with Crippen LogP contribution >= 0.6 is 0 Å². The fraction of sp³-hybridized carbons (Fsp3) is 0.167. The second-order valence-corrected chi connectivity index (χ2v) is 5.17. The molecule has 0 unspecified atom stereocenters. The molecule has 3 rings (SSSR count). The first-order valence-electron chi connectivity index (χ1n) is 7.79. The quantitative estimate of drug-likeness (QED) is 0.698. The van der Waals surface area contributed by atoms with Gasteiger partial charge in [0, 0.05) is 18.1 Å². The molecule has 7 heteroatoms. The van der Waals surface area contributed by atoms with Gasteiger partial charge in [-0.25, -0.2) is 9.78 Å². The van der Waals surface area contributed by atoms with Crippen molar-refractivity contribution < 1.29 is 19.1 Å². The third kappa shape index (κ3) is 4.14. The van der Waals surface area contributed by atoms with E-state index in [1.165, 1.54) is 0 Å². The third-order valence-electron chi connectivity index (χ3n) is 3.36. The third-order valence-corrected chi connectivity index (χ3v) is 3.36. The van der Waals surface area contributed by atoms with E-state index in [4.69, 9.17) is 9.47 Å². The molecule has 1 amide bonds. The summed E-state index contributed by atoms with van der Waals surface area (Å²) in [4.78, 5) is 28.0. The standard InChI is InChI=1S/C18H17N3O4/c1-2-24-14-8-6-13(7-9-14)19-17(22)12-25-18(23)15-11-21-10-4-3-5-16(21)20-15/h3-11H,2,12H2,1H3,(H,19,22). The Labute approximate surface area is 144 Å². The molecule has 0 saturated heterocycles. The van der Waals surface area contributed by atoms with Crippen molar-refractivity contribution in [3.05, 3.63) is 60.6 Å². The van der Waals surface area contributed by atoms with E-state index in [0.717, 1.165) is 5.75 Å². The molecule has 0 saturated carbocycles. The van der Waals surface area contributed by atoms with Crippen LogP contribution in [0.25, 0.3) is 5.65 Å². The molecular weight excluding hydrogens is 322 g/mol. The van der Waals surface area contributed by atoms with Gasteiger partial charge in [-0.1, -0.05) is 6.07 Å². The average molecular weight is 339 g/mol. The van der Waals surface area contributed by atoms with Gasteiger partial charge >= 0.3 is 5.97 Å². The van der Waals surface area contributed by atoms with Crippen LogP contribution in [-0.4, -0.2) is 34.5 Å². The van der Waals surface area contributed by atoms with Crippen molar-refractivity contribution in [1.82, 2.24) is 9.38 Å². The van der Waals surface area contributed by atoms with E-state index in [1.54, 1.807) is 47.1 Å². The van der Waals surface area contributed by atoms with Crippen LogP contribution in [0.2, 0.25) is 0 Å². The monoisotopic (exact) mass is 339 g/mol. The van der Waals surface area contributed by atoms with Crippen LogP contribution in [0.1, 0.15) is 17.4 Å². The number of pyridine rings is 1. The van der Waals surface area contributed by atoms with Crippen molar-refractivity contribution in [3.63, 3.8) is 0 Å². The van der Waals surface area contributed by atoms with E-state index in [-0.39, 0.29) is 12.3 Å². The van der Waals surface area contributed by atoms with E-state index in [2.05, 4.69) is 10.3 Å². The Hall–Kier alpha value is -3.35. The lowest BCUT2D eigenvalue weighted by molar-refractivity contribution is -0.119. The number of anilines is 1. The van der Waals surface area contributed by atoms with E-state index in [1.807, 2.05) is 19.1 Å². The first kappa shape index (κ1) is 16.5. The molecule has 0 fully saturated rings. The zero-order valence-corrected chi connectivity index (χ0v) is 13.6. The number of rotatable bonds is 6.